The van der Waals surface area contributed by atoms with Crippen molar-refractivity contribution < 1.29 is 14.3 Å². The minimum Gasteiger partial charge on any atom is -0.464 e. The van der Waals surface area contributed by atoms with E-state index in [1.165, 1.54) is 12.8 Å². The van der Waals surface area contributed by atoms with E-state index in [4.69, 9.17) is 4.74 Å². The Morgan fingerprint density at radius 3 is 2.86 bits per heavy atom. The zero-order valence-electron chi connectivity index (χ0n) is 7.91. The number of rotatable bonds is 3. The van der Waals surface area contributed by atoms with E-state index in [2.05, 4.69) is 10.6 Å². The number of esters is 1. The average molecular weight is 198 g/mol. The van der Waals surface area contributed by atoms with E-state index < -0.39 is 0 Å². The number of carbonyl (C=O) groups is 2. The minimum absolute atomic E-state index is 0.0729. The molecule has 78 valence electrons. The number of carbonyl (C=O) groups excluding carboxylic acids is 2. The van der Waals surface area contributed by atoms with E-state index in [0.717, 1.165) is 0 Å². The summed E-state index contributed by atoms with van der Waals surface area (Å²) >= 11 is 0. The Hall–Kier alpha value is -1.10. The summed E-state index contributed by atoms with van der Waals surface area (Å²) in [6.07, 6.45) is 2.34. The second kappa shape index (κ2) is 3.96. The maximum absolute atomic E-state index is 11.4. The lowest BCUT2D eigenvalue weighted by Crippen LogP contribution is -2.55. The van der Waals surface area contributed by atoms with Gasteiger partial charge in [-0.15, -0.1) is 0 Å². The second-order valence-electron chi connectivity index (χ2n) is 3.81. The third kappa shape index (κ3) is 2.45. The van der Waals surface area contributed by atoms with Crippen molar-refractivity contribution in [1.82, 2.24) is 10.6 Å². The Kier molecular flexibility index (Phi) is 2.67. The van der Waals surface area contributed by atoms with Crippen molar-refractivity contribution in [2.24, 2.45) is 5.92 Å². The molecule has 2 N–H and O–H groups in total. The first-order chi connectivity index (χ1) is 6.75. The number of piperazine rings is 1. The fourth-order valence-electron chi connectivity index (χ4n) is 1.32. The molecule has 2 fully saturated rings. The largest absolute Gasteiger partial charge is 0.464 e. The number of hydrogen-bond donors (Lipinski definition) is 2. The highest BCUT2D eigenvalue weighted by Gasteiger charge is 2.28. The molecule has 0 spiro atoms. The highest BCUT2D eigenvalue weighted by Crippen LogP contribution is 2.28. The molecule has 1 aliphatic carbocycles. The SMILES string of the molecule is O=C1CNC(C(=O)OCC2CC2)CN1. The van der Waals surface area contributed by atoms with Crippen LogP contribution in [0.15, 0.2) is 0 Å². The molecule has 14 heavy (non-hydrogen) atoms. The third-order valence-electron chi connectivity index (χ3n) is 2.46. The van der Waals surface area contributed by atoms with Crippen molar-refractivity contribution in [3.05, 3.63) is 0 Å². The first kappa shape index (κ1) is 9.45. The van der Waals surface area contributed by atoms with Gasteiger partial charge in [-0.3, -0.25) is 14.9 Å². The fraction of sp³-hybridized carbons (Fsp3) is 0.778. The molecule has 1 saturated carbocycles. The molecule has 1 heterocycles. The molecule has 0 aromatic rings. The van der Waals surface area contributed by atoms with Crippen molar-refractivity contribution in [3.8, 4) is 0 Å². The lowest BCUT2D eigenvalue weighted by Gasteiger charge is -2.22. The molecule has 1 aliphatic heterocycles. The van der Waals surface area contributed by atoms with Gasteiger partial charge in [0.25, 0.3) is 0 Å². The predicted octanol–water partition coefficient (Wildman–Crippen LogP) is -0.972. The van der Waals surface area contributed by atoms with Crippen LogP contribution in [0.1, 0.15) is 12.8 Å². The monoisotopic (exact) mass is 198 g/mol. The smallest absolute Gasteiger partial charge is 0.324 e. The van der Waals surface area contributed by atoms with E-state index >= 15 is 0 Å². The van der Waals surface area contributed by atoms with Gasteiger partial charge in [0, 0.05) is 6.54 Å². The normalized spacial score (nSPS) is 26.9. The van der Waals surface area contributed by atoms with Gasteiger partial charge in [-0.05, 0) is 18.8 Å². The van der Waals surface area contributed by atoms with Crippen molar-refractivity contribution in [2.75, 3.05) is 19.7 Å². The molecule has 1 unspecified atom stereocenters. The van der Waals surface area contributed by atoms with Crippen LogP contribution in [0.5, 0.6) is 0 Å². The van der Waals surface area contributed by atoms with Gasteiger partial charge in [-0.2, -0.15) is 0 Å². The summed E-state index contributed by atoms with van der Waals surface area (Å²) in [5.41, 5.74) is 0. The van der Waals surface area contributed by atoms with Crippen LogP contribution in [0.25, 0.3) is 0 Å². The molecular formula is C9H14N2O3. The molecule has 1 atom stereocenters. The Morgan fingerprint density at radius 2 is 2.29 bits per heavy atom. The lowest BCUT2D eigenvalue weighted by atomic mass is 10.2. The Labute approximate surface area is 82.2 Å². The molecule has 0 bridgehead atoms. The van der Waals surface area contributed by atoms with Gasteiger partial charge in [0.1, 0.15) is 6.04 Å². The van der Waals surface area contributed by atoms with Crippen LogP contribution >= 0.6 is 0 Å². The second-order valence-corrected chi connectivity index (χ2v) is 3.81. The fourth-order valence-corrected chi connectivity index (χ4v) is 1.32. The Balaban J connectivity index is 1.70. The molecule has 1 saturated heterocycles. The maximum atomic E-state index is 11.4. The third-order valence-corrected chi connectivity index (χ3v) is 2.46. The van der Waals surface area contributed by atoms with Crippen molar-refractivity contribution in [1.29, 1.82) is 0 Å². The molecule has 0 radical (unpaired) electrons. The van der Waals surface area contributed by atoms with Crippen LogP contribution < -0.4 is 10.6 Å². The summed E-state index contributed by atoms with van der Waals surface area (Å²) in [5, 5.41) is 5.44. The predicted molar refractivity (Wildman–Crippen MR) is 48.5 cm³/mol. The van der Waals surface area contributed by atoms with E-state index in [9.17, 15) is 9.59 Å². The summed E-state index contributed by atoms with van der Waals surface area (Å²) in [6.45, 7) is 1.07. The molecule has 2 aliphatic rings. The van der Waals surface area contributed by atoms with Crippen LogP contribution in [0, 0.1) is 5.92 Å². The van der Waals surface area contributed by atoms with Crippen molar-refractivity contribution in [3.63, 3.8) is 0 Å². The molecule has 1 amide bonds. The Bertz CT molecular complexity index is 240. The first-order valence-corrected chi connectivity index (χ1v) is 4.92. The quantitative estimate of drug-likeness (QED) is 0.572. The molecule has 0 aromatic carbocycles. The summed E-state index contributed by atoms with van der Waals surface area (Å²) in [7, 11) is 0. The maximum Gasteiger partial charge on any atom is 0.324 e. The summed E-state index contributed by atoms with van der Waals surface area (Å²) in [6, 6.07) is -0.369. The number of amides is 1. The van der Waals surface area contributed by atoms with E-state index in [0.29, 0.717) is 19.1 Å². The van der Waals surface area contributed by atoms with Gasteiger partial charge >= 0.3 is 5.97 Å². The lowest BCUT2D eigenvalue weighted by molar-refractivity contribution is -0.147. The number of nitrogens with one attached hydrogen (secondary N) is 2. The van der Waals surface area contributed by atoms with Gasteiger partial charge in [-0.1, -0.05) is 0 Å². The van der Waals surface area contributed by atoms with Crippen LogP contribution in [-0.2, 0) is 14.3 Å². The number of hydrogen-bond acceptors (Lipinski definition) is 4. The van der Waals surface area contributed by atoms with Gasteiger partial charge in [0.2, 0.25) is 5.91 Å². The summed E-state index contributed by atoms with van der Waals surface area (Å²) in [4.78, 5) is 22.2. The molecule has 2 rings (SSSR count). The zero-order chi connectivity index (χ0) is 9.97. The van der Waals surface area contributed by atoms with Crippen LogP contribution in [-0.4, -0.2) is 37.6 Å². The van der Waals surface area contributed by atoms with Gasteiger partial charge < -0.3 is 10.1 Å². The topological polar surface area (TPSA) is 67.4 Å². The van der Waals surface area contributed by atoms with Crippen molar-refractivity contribution in [2.45, 2.75) is 18.9 Å². The molecule has 0 aromatic heterocycles. The van der Waals surface area contributed by atoms with Crippen LogP contribution in [0.3, 0.4) is 0 Å². The van der Waals surface area contributed by atoms with E-state index in [1.807, 2.05) is 0 Å². The van der Waals surface area contributed by atoms with Crippen molar-refractivity contribution >= 4 is 11.9 Å². The summed E-state index contributed by atoms with van der Waals surface area (Å²) < 4.78 is 5.09. The molecule has 5 heteroatoms. The first-order valence-electron chi connectivity index (χ1n) is 4.92. The molecular weight excluding hydrogens is 184 g/mol. The summed E-state index contributed by atoms with van der Waals surface area (Å²) in [5.74, 6) is 0.255. The molecule has 5 nitrogen and oxygen atoms in total. The minimum atomic E-state index is -0.369. The highest BCUT2D eigenvalue weighted by atomic mass is 16.5. The highest BCUT2D eigenvalue weighted by molar-refractivity contribution is 5.83. The van der Waals surface area contributed by atoms with Gasteiger partial charge in [0.15, 0.2) is 0 Å². The van der Waals surface area contributed by atoms with Crippen LogP contribution in [0.4, 0.5) is 0 Å². The van der Waals surface area contributed by atoms with E-state index in [1.54, 1.807) is 0 Å². The zero-order valence-corrected chi connectivity index (χ0v) is 7.91. The number of ether oxygens (including phenoxy) is 1. The van der Waals surface area contributed by atoms with Gasteiger partial charge in [-0.25, -0.2) is 0 Å². The average Bonchev–Trinajstić information content (AvgIpc) is 2.99. The van der Waals surface area contributed by atoms with Gasteiger partial charge in [0.05, 0.1) is 13.2 Å². The standard InChI is InChI=1S/C9H14N2O3/c12-8-4-10-7(3-11-8)9(13)14-5-6-1-2-6/h6-7,10H,1-5H2,(H,11,12). The Morgan fingerprint density at radius 1 is 1.50 bits per heavy atom. The van der Waals surface area contributed by atoms with Crippen LogP contribution in [0.2, 0.25) is 0 Å². The van der Waals surface area contributed by atoms with E-state index in [-0.39, 0.29) is 24.5 Å².